The van der Waals surface area contributed by atoms with Crippen LogP contribution in [0.15, 0.2) is 47.6 Å². The van der Waals surface area contributed by atoms with E-state index in [1.807, 2.05) is 6.08 Å². The van der Waals surface area contributed by atoms with Crippen LogP contribution in [0.1, 0.15) is 39.5 Å². The third-order valence-electron chi connectivity index (χ3n) is 2.65. The van der Waals surface area contributed by atoms with Gasteiger partial charge in [-0.1, -0.05) is 36.5 Å². The highest BCUT2D eigenvalue weighted by molar-refractivity contribution is 5.38. The van der Waals surface area contributed by atoms with Gasteiger partial charge in [0.25, 0.3) is 0 Å². The van der Waals surface area contributed by atoms with E-state index in [0.29, 0.717) is 0 Å². The van der Waals surface area contributed by atoms with Crippen molar-refractivity contribution < 1.29 is 0 Å². The first-order valence-corrected chi connectivity index (χ1v) is 5.43. The summed E-state index contributed by atoms with van der Waals surface area (Å²) in [4.78, 5) is 0. The molecule has 0 heterocycles. The first-order valence-electron chi connectivity index (χ1n) is 5.43. The summed E-state index contributed by atoms with van der Waals surface area (Å²) in [6.07, 6.45) is 13.7. The lowest BCUT2D eigenvalue weighted by atomic mass is 9.90. The summed E-state index contributed by atoms with van der Waals surface area (Å²) in [5.41, 5.74) is 4.29. The summed E-state index contributed by atoms with van der Waals surface area (Å²) < 4.78 is 0. The molecule has 0 atom stereocenters. The van der Waals surface area contributed by atoms with Gasteiger partial charge in [-0.3, -0.25) is 0 Å². The summed E-state index contributed by atoms with van der Waals surface area (Å²) in [5.74, 6) is 0. The van der Waals surface area contributed by atoms with E-state index in [2.05, 4.69) is 38.7 Å². The van der Waals surface area contributed by atoms with Gasteiger partial charge in [0.2, 0.25) is 0 Å². The Morgan fingerprint density at radius 3 is 2.43 bits per heavy atom. The Morgan fingerprint density at radius 1 is 1.21 bits per heavy atom. The summed E-state index contributed by atoms with van der Waals surface area (Å²) in [7, 11) is 0. The van der Waals surface area contributed by atoms with Gasteiger partial charge in [0, 0.05) is 0 Å². The predicted molar refractivity (Wildman–Crippen MR) is 64.3 cm³/mol. The van der Waals surface area contributed by atoms with E-state index in [9.17, 15) is 0 Å². The van der Waals surface area contributed by atoms with Crippen LogP contribution in [-0.2, 0) is 0 Å². The van der Waals surface area contributed by atoms with Gasteiger partial charge in [-0.25, -0.2) is 0 Å². The fraction of sp³-hybridized carbons (Fsp3) is 0.429. The van der Waals surface area contributed by atoms with Crippen LogP contribution in [0.25, 0.3) is 0 Å². The Morgan fingerprint density at radius 2 is 1.86 bits per heavy atom. The molecule has 0 bridgehead atoms. The van der Waals surface area contributed by atoms with Gasteiger partial charge in [-0.05, 0) is 50.7 Å². The fourth-order valence-corrected chi connectivity index (χ4v) is 1.84. The van der Waals surface area contributed by atoms with Crippen LogP contribution < -0.4 is 0 Å². The van der Waals surface area contributed by atoms with E-state index in [-0.39, 0.29) is 0 Å². The molecule has 0 unspecified atom stereocenters. The quantitative estimate of drug-likeness (QED) is 0.569. The highest BCUT2D eigenvalue weighted by atomic mass is 14.1. The third kappa shape index (κ3) is 3.02. The maximum absolute atomic E-state index is 3.79. The second kappa shape index (κ2) is 5.64. The van der Waals surface area contributed by atoms with Gasteiger partial charge in [-0.2, -0.15) is 0 Å². The topological polar surface area (TPSA) is 0 Å². The Kier molecular flexibility index (Phi) is 4.45. The van der Waals surface area contributed by atoms with Crippen molar-refractivity contribution in [2.24, 2.45) is 0 Å². The van der Waals surface area contributed by atoms with Crippen LogP contribution in [-0.4, -0.2) is 0 Å². The minimum atomic E-state index is 1.23. The largest absolute Gasteiger partial charge is 0.0988 e. The average Bonchev–Trinajstić information content (AvgIpc) is 2.21. The molecule has 0 aliphatic heterocycles. The second-order valence-electron chi connectivity index (χ2n) is 3.85. The molecule has 14 heavy (non-hydrogen) atoms. The number of allylic oxidation sites excluding steroid dienone is 7. The zero-order valence-corrected chi connectivity index (χ0v) is 9.34. The van der Waals surface area contributed by atoms with Crippen LogP contribution in [0.2, 0.25) is 0 Å². The normalized spacial score (nSPS) is 19.1. The monoisotopic (exact) mass is 188 g/mol. The molecular weight excluding hydrogens is 168 g/mol. The highest BCUT2D eigenvalue weighted by Gasteiger charge is 2.07. The van der Waals surface area contributed by atoms with E-state index in [1.165, 1.54) is 42.4 Å². The van der Waals surface area contributed by atoms with Crippen molar-refractivity contribution in [1.29, 1.82) is 0 Å². The molecule has 0 nitrogen and oxygen atoms in total. The van der Waals surface area contributed by atoms with Crippen LogP contribution in [0.5, 0.6) is 0 Å². The molecule has 0 amide bonds. The van der Waals surface area contributed by atoms with Crippen molar-refractivity contribution in [2.75, 3.05) is 0 Å². The molecule has 1 aliphatic rings. The molecule has 1 rings (SSSR count). The van der Waals surface area contributed by atoms with Crippen LogP contribution >= 0.6 is 0 Å². The highest BCUT2D eigenvalue weighted by Crippen LogP contribution is 2.27. The summed E-state index contributed by atoms with van der Waals surface area (Å²) in [6.45, 7) is 7.99. The summed E-state index contributed by atoms with van der Waals surface area (Å²) in [6, 6.07) is 0. The Labute approximate surface area is 87.7 Å². The SMILES string of the molecule is C=CC(C)=CC1=C(C=CC)CCCC1. The molecule has 0 saturated carbocycles. The van der Waals surface area contributed by atoms with E-state index in [0.717, 1.165) is 0 Å². The molecule has 0 fully saturated rings. The molecule has 0 aromatic heterocycles. The van der Waals surface area contributed by atoms with Crippen molar-refractivity contribution in [1.82, 2.24) is 0 Å². The summed E-state index contributed by atoms with van der Waals surface area (Å²) >= 11 is 0. The van der Waals surface area contributed by atoms with E-state index >= 15 is 0 Å². The Bertz CT molecular complexity index is 287. The first kappa shape index (κ1) is 11.0. The smallest absolute Gasteiger partial charge is 0.0276 e. The predicted octanol–water partition coefficient (Wildman–Crippen LogP) is 4.57. The first-order chi connectivity index (χ1) is 6.77. The summed E-state index contributed by atoms with van der Waals surface area (Å²) in [5, 5.41) is 0. The van der Waals surface area contributed by atoms with Gasteiger partial charge in [0.15, 0.2) is 0 Å². The number of hydrogen-bond acceptors (Lipinski definition) is 0. The van der Waals surface area contributed by atoms with Crippen LogP contribution in [0.4, 0.5) is 0 Å². The van der Waals surface area contributed by atoms with Crippen LogP contribution in [0, 0.1) is 0 Å². The number of rotatable bonds is 3. The molecular formula is C14H20. The van der Waals surface area contributed by atoms with Crippen molar-refractivity contribution in [3.05, 3.63) is 47.6 Å². The molecule has 0 saturated heterocycles. The lowest BCUT2D eigenvalue weighted by Crippen LogP contribution is -1.96. The molecule has 76 valence electrons. The zero-order valence-electron chi connectivity index (χ0n) is 9.34. The van der Waals surface area contributed by atoms with Gasteiger partial charge >= 0.3 is 0 Å². The minimum absolute atomic E-state index is 1.23. The molecule has 0 aromatic carbocycles. The maximum atomic E-state index is 3.79. The van der Waals surface area contributed by atoms with Crippen molar-refractivity contribution in [2.45, 2.75) is 39.5 Å². The molecule has 0 N–H and O–H groups in total. The molecule has 1 aliphatic carbocycles. The molecule has 0 spiro atoms. The maximum Gasteiger partial charge on any atom is -0.0276 e. The number of hydrogen-bond donors (Lipinski definition) is 0. The second-order valence-corrected chi connectivity index (χ2v) is 3.85. The third-order valence-corrected chi connectivity index (χ3v) is 2.65. The zero-order chi connectivity index (χ0) is 10.4. The van der Waals surface area contributed by atoms with E-state index in [1.54, 1.807) is 0 Å². The Balaban J connectivity index is 2.94. The fourth-order valence-electron chi connectivity index (χ4n) is 1.84. The van der Waals surface area contributed by atoms with Gasteiger partial charge < -0.3 is 0 Å². The van der Waals surface area contributed by atoms with Gasteiger partial charge in [0.05, 0.1) is 0 Å². The average molecular weight is 188 g/mol. The Hall–Kier alpha value is -1.04. The minimum Gasteiger partial charge on any atom is -0.0988 e. The molecule has 0 heteroatoms. The van der Waals surface area contributed by atoms with Crippen molar-refractivity contribution >= 4 is 0 Å². The molecule has 0 radical (unpaired) electrons. The van der Waals surface area contributed by atoms with E-state index in [4.69, 9.17) is 0 Å². The lowest BCUT2D eigenvalue weighted by molar-refractivity contribution is 0.693. The molecule has 0 aromatic rings. The van der Waals surface area contributed by atoms with Crippen molar-refractivity contribution in [3.8, 4) is 0 Å². The van der Waals surface area contributed by atoms with Crippen LogP contribution in [0.3, 0.4) is 0 Å². The van der Waals surface area contributed by atoms with Gasteiger partial charge in [-0.15, -0.1) is 0 Å². The van der Waals surface area contributed by atoms with Crippen molar-refractivity contribution in [3.63, 3.8) is 0 Å². The van der Waals surface area contributed by atoms with E-state index < -0.39 is 0 Å². The lowest BCUT2D eigenvalue weighted by Gasteiger charge is -2.15. The standard InChI is InChI=1S/C14H20/c1-4-8-13-9-6-7-10-14(13)11-12(3)5-2/h4-5,8,11H,2,6-7,9-10H2,1,3H3. The van der Waals surface area contributed by atoms with Gasteiger partial charge in [0.1, 0.15) is 0 Å².